The summed E-state index contributed by atoms with van der Waals surface area (Å²) in [7, 11) is 0. The first-order chi connectivity index (χ1) is 8.74. The summed E-state index contributed by atoms with van der Waals surface area (Å²) in [5.41, 5.74) is 2.48. The minimum absolute atomic E-state index is 0.153. The van der Waals surface area contributed by atoms with Gasteiger partial charge in [-0.3, -0.25) is 4.79 Å². The maximum atomic E-state index is 12.0. The predicted octanol–water partition coefficient (Wildman–Crippen LogP) is 2.78. The molecule has 0 aliphatic carbocycles. The Morgan fingerprint density at radius 1 is 1.33 bits per heavy atom. The van der Waals surface area contributed by atoms with Gasteiger partial charge in [-0.15, -0.1) is 0 Å². The quantitative estimate of drug-likeness (QED) is 0.882. The first kappa shape index (κ1) is 10.9. The number of carbonyl (C=O) groups is 1. The largest absolute Gasteiger partial charge is 0.493 e. The van der Waals surface area contributed by atoms with Crippen LogP contribution >= 0.6 is 0 Å². The van der Waals surface area contributed by atoms with Gasteiger partial charge in [-0.25, -0.2) is 0 Å². The van der Waals surface area contributed by atoms with E-state index in [9.17, 15) is 4.79 Å². The first-order valence-electron chi connectivity index (χ1n) is 5.85. The van der Waals surface area contributed by atoms with Crippen molar-refractivity contribution in [1.29, 1.82) is 0 Å². The topological polar surface area (TPSA) is 51.5 Å². The highest BCUT2D eigenvalue weighted by molar-refractivity contribution is 6.04. The number of benzene rings is 1. The molecule has 92 valence electrons. The van der Waals surface area contributed by atoms with Crippen LogP contribution in [0.5, 0.6) is 5.75 Å². The maximum Gasteiger partial charge on any atom is 0.259 e. The molecule has 1 aromatic carbocycles. The van der Waals surface area contributed by atoms with E-state index in [1.807, 2.05) is 18.2 Å². The Morgan fingerprint density at radius 2 is 2.22 bits per heavy atom. The second-order valence-electron chi connectivity index (χ2n) is 4.27. The Labute approximate surface area is 105 Å². The smallest absolute Gasteiger partial charge is 0.259 e. The molecule has 0 saturated heterocycles. The number of furan rings is 1. The van der Waals surface area contributed by atoms with Crippen LogP contribution in [0.2, 0.25) is 0 Å². The lowest BCUT2D eigenvalue weighted by Gasteiger charge is -2.06. The highest BCUT2D eigenvalue weighted by Gasteiger charge is 2.15. The van der Waals surface area contributed by atoms with Gasteiger partial charge in [0.25, 0.3) is 5.91 Å². The van der Waals surface area contributed by atoms with Crippen LogP contribution in [-0.2, 0) is 6.42 Å². The second kappa shape index (κ2) is 4.22. The van der Waals surface area contributed by atoms with E-state index in [4.69, 9.17) is 9.15 Å². The lowest BCUT2D eigenvalue weighted by molar-refractivity contribution is 0.102. The Kier molecular flexibility index (Phi) is 2.55. The van der Waals surface area contributed by atoms with E-state index >= 15 is 0 Å². The van der Waals surface area contributed by atoms with Crippen LogP contribution in [-0.4, -0.2) is 12.5 Å². The zero-order chi connectivity index (χ0) is 12.5. The van der Waals surface area contributed by atoms with Gasteiger partial charge in [0.1, 0.15) is 11.5 Å². The van der Waals surface area contributed by atoms with Crippen LogP contribution in [0.15, 0.2) is 34.9 Å². The number of hydrogen-bond acceptors (Lipinski definition) is 3. The van der Waals surface area contributed by atoms with Gasteiger partial charge in [-0.2, -0.15) is 0 Å². The molecule has 2 aromatic rings. The van der Waals surface area contributed by atoms with Crippen molar-refractivity contribution in [3.8, 4) is 5.75 Å². The van der Waals surface area contributed by atoms with Crippen molar-refractivity contribution in [2.75, 3.05) is 11.9 Å². The van der Waals surface area contributed by atoms with Gasteiger partial charge in [0.15, 0.2) is 0 Å². The number of carbonyl (C=O) groups excluding carboxylic acids is 1. The van der Waals surface area contributed by atoms with Crippen molar-refractivity contribution < 1.29 is 13.9 Å². The van der Waals surface area contributed by atoms with Crippen molar-refractivity contribution in [1.82, 2.24) is 0 Å². The molecule has 4 nitrogen and oxygen atoms in total. The lowest BCUT2D eigenvalue weighted by atomic mass is 10.1. The van der Waals surface area contributed by atoms with E-state index in [1.54, 1.807) is 13.0 Å². The van der Waals surface area contributed by atoms with Crippen molar-refractivity contribution in [2.24, 2.45) is 0 Å². The number of amides is 1. The molecule has 0 radical (unpaired) electrons. The summed E-state index contributed by atoms with van der Waals surface area (Å²) >= 11 is 0. The summed E-state index contributed by atoms with van der Waals surface area (Å²) in [6.45, 7) is 2.49. The number of nitrogens with one attached hydrogen (secondary N) is 1. The molecule has 18 heavy (non-hydrogen) atoms. The number of fused-ring (bicyclic) bond motifs is 1. The van der Waals surface area contributed by atoms with Crippen LogP contribution in [0.3, 0.4) is 0 Å². The van der Waals surface area contributed by atoms with Crippen LogP contribution in [0.25, 0.3) is 0 Å². The van der Waals surface area contributed by atoms with Crippen LogP contribution in [0, 0.1) is 6.92 Å². The third-order valence-corrected chi connectivity index (χ3v) is 3.05. The molecule has 0 saturated carbocycles. The lowest BCUT2D eigenvalue weighted by Crippen LogP contribution is -2.12. The summed E-state index contributed by atoms with van der Waals surface area (Å²) in [6, 6.07) is 7.36. The van der Waals surface area contributed by atoms with Gasteiger partial charge in [0.2, 0.25) is 0 Å². The average molecular weight is 243 g/mol. The second-order valence-corrected chi connectivity index (χ2v) is 4.27. The predicted molar refractivity (Wildman–Crippen MR) is 67.0 cm³/mol. The average Bonchev–Trinajstić information content (AvgIpc) is 2.96. The zero-order valence-corrected chi connectivity index (χ0v) is 10.0. The minimum atomic E-state index is -0.153. The number of rotatable bonds is 2. The molecule has 1 aliphatic rings. The first-order valence-corrected chi connectivity index (χ1v) is 5.85. The van der Waals surface area contributed by atoms with E-state index in [0.29, 0.717) is 17.9 Å². The van der Waals surface area contributed by atoms with Crippen LogP contribution < -0.4 is 10.1 Å². The molecule has 0 fully saturated rings. The van der Waals surface area contributed by atoms with Crippen LogP contribution in [0.1, 0.15) is 21.7 Å². The molecule has 3 rings (SSSR count). The molecular formula is C14H13NO3. The number of aryl methyl sites for hydroxylation is 1. The van der Waals surface area contributed by atoms with E-state index in [-0.39, 0.29) is 5.91 Å². The monoisotopic (exact) mass is 243 g/mol. The van der Waals surface area contributed by atoms with Crippen molar-refractivity contribution in [3.63, 3.8) is 0 Å². The van der Waals surface area contributed by atoms with E-state index in [0.717, 1.165) is 23.4 Å². The van der Waals surface area contributed by atoms with Gasteiger partial charge < -0.3 is 14.5 Å². The van der Waals surface area contributed by atoms with Gasteiger partial charge in [-0.1, -0.05) is 0 Å². The Bertz CT molecular complexity index is 601. The van der Waals surface area contributed by atoms with E-state index < -0.39 is 0 Å². The van der Waals surface area contributed by atoms with Gasteiger partial charge >= 0.3 is 0 Å². The number of anilines is 1. The number of ether oxygens (including phenoxy) is 1. The molecule has 2 heterocycles. The summed E-state index contributed by atoms with van der Waals surface area (Å²) in [5, 5.41) is 2.86. The minimum Gasteiger partial charge on any atom is -0.493 e. The Morgan fingerprint density at radius 3 is 3.00 bits per heavy atom. The SMILES string of the molecule is Cc1occc1C(=O)Nc1ccc2c(c1)CCO2. The van der Waals surface area contributed by atoms with Gasteiger partial charge in [0.05, 0.1) is 18.4 Å². The fraction of sp³-hybridized carbons (Fsp3) is 0.214. The summed E-state index contributed by atoms with van der Waals surface area (Å²) < 4.78 is 10.5. The maximum absolute atomic E-state index is 12.0. The molecule has 4 heteroatoms. The molecule has 0 bridgehead atoms. The Balaban J connectivity index is 1.81. The number of hydrogen-bond donors (Lipinski definition) is 1. The zero-order valence-electron chi connectivity index (χ0n) is 10.0. The fourth-order valence-corrected chi connectivity index (χ4v) is 2.08. The summed E-state index contributed by atoms with van der Waals surface area (Å²) in [4.78, 5) is 12.0. The van der Waals surface area contributed by atoms with E-state index in [1.165, 1.54) is 6.26 Å². The molecule has 0 spiro atoms. The summed E-state index contributed by atoms with van der Waals surface area (Å²) in [6.07, 6.45) is 2.41. The molecule has 0 unspecified atom stereocenters. The molecule has 1 amide bonds. The molecule has 1 aromatic heterocycles. The fourth-order valence-electron chi connectivity index (χ4n) is 2.08. The van der Waals surface area contributed by atoms with Crippen molar-refractivity contribution >= 4 is 11.6 Å². The standard InChI is InChI=1S/C14H13NO3/c1-9-12(5-7-17-9)14(16)15-11-2-3-13-10(8-11)4-6-18-13/h2-3,5,7-8H,4,6H2,1H3,(H,15,16). The normalized spacial score (nSPS) is 12.9. The van der Waals surface area contributed by atoms with Gasteiger partial charge in [0, 0.05) is 12.1 Å². The third kappa shape index (κ3) is 1.86. The van der Waals surface area contributed by atoms with E-state index in [2.05, 4.69) is 5.32 Å². The van der Waals surface area contributed by atoms with Gasteiger partial charge in [-0.05, 0) is 36.8 Å². The molecule has 1 N–H and O–H groups in total. The molecular weight excluding hydrogens is 230 g/mol. The highest BCUT2D eigenvalue weighted by atomic mass is 16.5. The molecule has 1 aliphatic heterocycles. The van der Waals surface area contributed by atoms with Crippen molar-refractivity contribution in [3.05, 3.63) is 47.4 Å². The molecule has 0 atom stereocenters. The van der Waals surface area contributed by atoms with Crippen LogP contribution in [0.4, 0.5) is 5.69 Å². The summed E-state index contributed by atoms with van der Waals surface area (Å²) in [5.74, 6) is 1.38. The van der Waals surface area contributed by atoms with Crippen molar-refractivity contribution in [2.45, 2.75) is 13.3 Å². The highest BCUT2D eigenvalue weighted by Crippen LogP contribution is 2.28. The Hall–Kier alpha value is -2.23. The third-order valence-electron chi connectivity index (χ3n) is 3.05.